The van der Waals surface area contributed by atoms with Crippen LogP contribution in [0.5, 0.6) is 0 Å². The van der Waals surface area contributed by atoms with Gasteiger partial charge in [-0.2, -0.15) is 0 Å². The molecule has 1 atom stereocenters. The van der Waals surface area contributed by atoms with Crippen molar-refractivity contribution in [3.05, 3.63) is 23.4 Å². The van der Waals surface area contributed by atoms with Gasteiger partial charge in [-0.1, -0.05) is 25.6 Å². The fourth-order valence-corrected chi connectivity index (χ4v) is 2.70. The van der Waals surface area contributed by atoms with Gasteiger partial charge in [0.1, 0.15) is 10.8 Å². The van der Waals surface area contributed by atoms with Gasteiger partial charge >= 0.3 is 0 Å². The zero-order chi connectivity index (χ0) is 12.4. The Kier molecular flexibility index (Phi) is 3.62. The minimum Gasteiger partial charge on any atom is -0.389 e. The van der Waals surface area contributed by atoms with Crippen LogP contribution in [0.25, 0.3) is 0 Å². The molecule has 1 aliphatic rings. The average Bonchev–Trinajstić information content (AvgIpc) is 2.76. The standard InChI is InChI=1S/C13H19N3S/c1-3-10-5-7-16(8-10)13-11(12(14)17)9(2)4-6-15-13/h4,6,10H,3,5,7-8H2,1-2H3,(H2,14,17). The summed E-state index contributed by atoms with van der Waals surface area (Å²) in [5.41, 5.74) is 7.87. The van der Waals surface area contributed by atoms with E-state index in [0.717, 1.165) is 36.0 Å². The normalized spacial score (nSPS) is 19.6. The van der Waals surface area contributed by atoms with Crippen molar-refractivity contribution in [2.75, 3.05) is 18.0 Å². The predicted molar refractivity (Wildman–Crippen MR) is 75.5 cm³/mol. The molecule has 0 spiro atoms. The van der Waals surface area contributed by atoms with Crippen LogP contribution in [-0.2, 0) is 0 Å². The SMILES string of the molecule is CCC1CCN(c2nccc(C)c2C(N)=S)C1. The number of hydrogen-bond acceptors (Lipinski definition) is 3. The summed E-state index contributed by atoms with van der Waals surface area (Å²) in [5, 5.41) is 0. The first-order chi connectivity index (χ1) is 8.13. The molecule has 1 saturated heterocycles. The summed E-state index contributed by atoms with van der Waals surface area (Å²) in [6.45, 7) is 6.41. The Hall–Kier alpha value is -1.16. The highest BCUT2D eigenvalue weighted by Gasteiger charge is 2.24. The monoisotopic (exact) mass is 249 g/mol. The van der Waals surface area contributed by atoms with Crippen molar-refractivity contribution < 1.29 is 0 Å². The number of aromatic nitrogens is 1. The van der Waals surface area contributed by atoms with E-state index in [1.165, 1.54) is 12.8 Å². The second-order valence-electron chi connectivity index (χ2n) is 4.70. The summed E-state index contributed by atoms with van der Waals surface area (Å²) in [6, 6.07) is 1.96. The van der Waals surface area contributed by atoms with Gasteiger partial charge in [-0.3, -0.25) is 0 Å². The molecule has 0 radical (unpaired) electrons. The number of pyridine rings is 1. The number of aryl methyl sites for hydroxylation is 1. The Morgan fingerprint density at radius 3 is 3.00 bits per heavy atom. The summed E-state index contributed by atoms with van der Waals surface area (Å²) in [7, 11) is 0. The first-order valence-corrected chi connectivity index (χ1v) is 6.54. The van der Waals surface area contributed by atoms with E-state index in [4.69, 9.17) is 18.0 Å². The van der Waals surface area contributed by atoms with E-state index < -0.39 is 0 Å². The van der Waals surface area contributed by atoms with Gasteiger partial charge in [-0.15, -0.1) is 0 Å². The molecule has 0 amide bonds. The molecule has 1 aromatic heterocycles. The molecule has 92 valence electrons. The number of rotatable bonds is 3. The second-order valence-corrected chi connectivity index (χ2v) is 5.14. The van der Waals surface area contributed by atoms with Gasteiger partial charge in [0.2, 0.25) is 0 Å². The van der Waals surface area contributed by atoms with Crippen molar-refractivity contribution >= 4 is 23.0 Å². The van der Waals surface area contributed by atoms with Crippen molar-refractivity contribution in [2.45, 2.75) is 26.7 Å². The van der Waals surface area contributed by atoms with Gasteiger partial charge in [-0.05, 0) is 30.9 Å². The van der Waals surface area contributed by atoms with E-state index in [9.17, 15) is 0 Å². The maximum atomic E-state index is 5.81. The van der Waals surface area contributed by atoms with Gasteiger partial charge in [0, 0.05) is 19.3 Å². The lowest BCUT2D eigenvalue weighted by Gasteiger charge is -2.21. The van der Waals surface area contributed by atoms with E-state index in [1.54, 1.807) is 0 Å². The third-order valence-electron chi connectivity index (χ3n) is 3.55. The second kappa shape index (κ2) is 5.00. The Labute approximate surface area is 108 Å². The van der Waals surface area contributed by atoms with Crippen molar-refractivity contribution in [2.24, 2.45) is 11.7 Å². The maximum absolute atomic E-state index is 5.81. The van der Waals surface area contributed by atoms with Gasteiger partial charge in [0.05, 0.1) is 5.56 Å². The molecule has 2 N–H and O–H groups in total. The molecule has 1 unspecified atom stereocenters. The number of nitrogens with zero attached hydrogens (tertiary/aromatic N) is 2. The summed E-state index contributed by atoms with van der Waals surface area (Å²) in [6.07, 6.45) is 4.30. The van der Waals surface area contributed by atoms with Crippen LogP contribution in [0.1, 0.15) is 30.9 Å². The zero-order valence-corrected chi connectivity index (χ0v) is 11.3. The summed E-state index contributed by atoms with van der Waals surface area (Å²) < 4.78 is 0. The number of thiocarbonyl (C=S) groups is 1. The lowest BCUT2D eigenvalue weighted by Crippen LogP contribution is -2.25. The van der Waals surface area contributed by atoms with Crippen molar-refractivity contribution in [1.82, 2.24) is 4.98 Å². The van der Waals surface area contributed by atoms with Crippen molar-refractivity contribution in [1.29, 1.82) is 0 Å². The summed E-state index contributed by atoms with van der Waals surface area (Å²) in [4.78, 5) is 7.23. The van der Waals surface area contributed by atoms with Gasteiger partial charge in [-0.25, -0.2) is 4.98 Å². The van der Waals surface area contributed by atoms with Gasteiger partial charge in [0.15, 0.2) is 0 Å². The van der Waals surface area contributed by atoms with Crippen molar-refractivity contribution in [3.8, 4) is 0 Å². The molecule has 2 heterocycles. The quantitative estimate of drug-likeness (QED) is 0.834. The highest BCUT2D eigenvalue weighted by molar-refractivity contribution is 7.80. The highest BCUT2D eigenvalue weighted by atomic mass is 32.1. The Morgan fingerprint density at radius 2 is 2.41 bits per heavy atom. The van der Waals surface area contributed by atoms with Crippen LogP contribution < -0.4 is 10.6 Å². The third kappa shape index (κ3) is 2.41. The van der Waals surface area contributed by atoms with Crippen LogP contribution >= 0.6 is 12.2 Å². The largest absolute Gasteiger partial charge is 0.389 e. The van der Waals surface area contributed by atoms with E-state index in [2.05, 4.69) is 16.8 Å². The molecule has 0 aromatic carbocycles. The van der Waals surface area contributed by atoms with Gasteiger partial charge in [0.25, 0.3) is 0 Å². The summed E-state index contributed by atoms with van der Waals surface area (Å²) in [5.74, 6) is 1.74. The van der Waals surface area contributed by atoms with E-state index in [0.29, 0.717) is 4.99 Å². The van der Waals surface area contributed by atoms with Crippen LogP contribution in [0.3, 0.4) is 0 Å². The van der Waals surface area contributed by atoms with E-state index >= 15 is 0 Å². The lowest BCUT2D eigenvalue weighted by molar-refractivity contribution is 0.568. The van der Waals surface area contributed by atoms with Crippen LogP contribution in [0, 0.1) is 12.8 Å². The molecule has 0 aliphatic carbocycles. The minimum atomic E-state index is 0.450. The Morgan fingerprint density at radius 1 is 1.65 bits per heavy atom. The Bertz CT molecular complexity index is 431. The van der Waals surface area contributed by atoms with E-state index in [-0.39, 0.29) is 0 Å². The molecular formula is C13H19N3S. The molecule has 1 aliphatic heterocycles. The lowest BCUT2D eigenvalue weighted by atomic mass is 10.1. The molecule has 2 rings (SSSR count). The fraction of sp³-hybridized carbons (Fsp3) is 0.538. The number of anilines is 1. The molecule has 1 fully saturated rings. The third-order valence-corrected chi connectivity index (χ3v) is 3.75. The van der Waals surface area contributed by atoms with Crippen LogP contribution in [0.15, 0.2) is 12.3 Å². The molecular weight excluding hydrogens is 230 g/mol. The molecule has 3 nitrogen and oxygen atoms in total. The molecule has 0 saturated carbocycles. The Balaban J connectivity index is 2.33. The first kappa shape index (κ1) is 12.3. The molecule has 17 heavy (non-hydrogen) atoms. The number of nitrogens with two attached hydrogens (primary N) is 1. The first-order valence-electron chi connectivity index (χ1n) is 6.13. The fourth-order valence-electron chi connectivity index (χ4n) is 2.45. The summed E-state index contributed by atoms with van der Waals surface area (Å²) >= 11 is 5.14. The van der Waals surface area contributed by atoms with Crippen LogP contribution in [0.2, 0.25) is 0 Å². The van der Waals surface area contributed by atoms with E-state index in [1.807, 2.05) is 19.2 Å². The topological polar surface area (TPSA) is 42.2 Å². The number of hydrogen-bond donors (Lipinski definition) is 1. The smallest absolute Gasteiger partial charge is 0.139 e. The predicted octanol–water partition coefficient (Wildman–Crippen LogP) is 2.26. The highest BCUT2D eigenvalue weighted by Crippen LogP contribution is 2.28. The molecule has 0 bridgehead atoms. The molecule has 1 aromatic rings. The molecule has 4 heteroatoms. The van der Waals surface area contributed by atoms with Crippen LogP contribution in [0.4, 0.5) is 5.82 Å². The van der Waals surface area contributed by atoms with Crippen LogP contribution in [-0.4, -0.2) is 23.1 Å². The zero-order valence-electron chi connectivity index (χ0n) is 10.4. The average molecular weight is 249 g/mol. The van der Waals surface area contributed by atoms with Gasteiger partial charge < -0.3 is 10.6 Å². The minimum absolute atomic E-state index is 0.450. The maximum Gasteiger partial charge on any atom is 0.139 e. The van der Waals surface area contributed by atoms with Crippen molar-refractivity contribution in [3.63, 3.8) is 0 Å².